The minimum atomic E-state index is -5.50. The summed E-state index contributed by atoms with van der Waals surface area (Å²) in [6.07, 6.45) is -9.25. The Labute approximate surface area is 89.0 Å². The molecule has 1 rings (SSSR count). The molecule has 94 valence electrons. The lowest BCUT2D eigenvalue weighted by molar-refractivity contribution is -0.391. The van der Waals surface area contributed by atoms with Crippen LogP contribution in [0.25, 0.3) is 0 Å². The Morgan fingerprint density at radius 1 is 1.35 bits per heavy atom. The first-order valence-corrected chi connectivity index (χ1v) is 3.84. The summed E-state index contributed by atoms with van der Waals surface area (Å²) in [7, 11) is 0. The van der Waals surface area contributed by atoms with Gasteiger partial charge in [-0.3, -0.25) is 15.1 Å². The van der Waals surface area contributed by atoms with Gasteiger partial charge in [0.2, 0.25) is 5.82 Å². The number of alkyl halides is 5. The Bertz CT molecular complexity index is 458. The van der Waals surface area contributed by atoms with Gasteiger partial charge in [0.25, 0.3) is 6.43 Å². The number of hydrogen-bond donors (Lipinski definition) is 0. The standard InChI is InChI=1S/C7H2F6N2O2/c8-2-1-14-4(6(9)10)3(7(11,12)13)5(2)15(16)17/h1,6H. The van der Waals surface area contributed by atoms with E-state index in [-0.39, 0.29) is 6.20 Å². The van der Waals surface area contributed by atoms with Gasteiger partial charge in [-0.05, 0) is 0 Å². The van der Waals surface area contributed by atoms with Gasteiger partial charge < -0.3 is 0 Å². The van der Waals surface area contributed by atoms with Crippen LogP contribution < -0.4 is 0 Å². The first kappa shape index (κ1) is 13.2. The quantitative estimate of drug-likeness (QED) is 0.466. The van der Waals surface area contributed by atoms with Gasteiger partial charge in [0.15, 0.2) is 5.56 Å². The van der Waals surface area contributed by atoms with Crippen molar-refractivity contribution in [3.8, 4) is 0 Å². The number of pyridine rings is 1. The summed E-state index contributed by atoms with van der Waals surface area (Å²) in [5.74, 6) is -1.92. The van der Waals surface area contributed by atoms with Gasteiger partial charge in [0, 0.05) is 0 Å². The summed E-state index contributed by atoms with van der Waals surface area (Å²) in [5, 5.41) is 10.3. The van der Waals surface area contributed by atoms with Crippen LogP contribution in [0.1, 0.15) is 17.7 Å². The summed E-state index contributed by atoms with van der Waals surface area (Å²) >= 11 is 0. The van der Waals surface area contributed by atoms with E-state index in [1.807, 2.05) is 0 Å². The Kier molecular flexibility index (Phi) is 3.25. The molecule has 0 amide bonds. The molecule has 1 heterocycles. The second kappa shape index (κ2) is 4.18. The molecule has 1 aromatic rings. The fourth-order valence-electron chi connectivity index (χ4n) is 1.12. The van der Waals surface area contributed by atoms with E-state index in [1.54, 1.807) is 0 Å². The maximum atomic E-state index is 12.8. The maximum Gasteiger partial charge on any atom is 0.425 e. The fourth-order valence-corrected chi connectivity index (χ4v) is 1.12. The van der Waals surface area contributed by atoms with E-state index in [1.165, 1.54) is 0 Å². The third-order valence-electron chi connectivity index (χ3n) is 1.71. The molecule has 10 heteroatoms. The van der Waals surface area contributed by atoms with Gasteiger partial charge in [0.1, 0.15) is 5.69 Å². The van der Waals surface area contributed by atoms with Crippen LogP contribution >= 0.6 is 0 Å². The Hall–Kier alpha value is -1.87. The van der Waals surface area contributed by atoms with Crippen LogP contribution in [-0.4, -0.2) is 9.91 Å². The smallest absolute Gasteiger partial charge is 0.258 e. The molecule has 1 aromatic heterocycles. The van der Waals surface area contributed by atoms with Crippen molar-refractivity contribution in [2.24, 2.45) is 0 Å². The summed E-state index contributed by atoms with van der Waals surface area (Å²) < 4.78 is 74.4. The van der Waals surface area contributed by atoms with Crippen LogP contribution in [0.15, 0.2) is 6.20 Å². The summed E-state index contributed by atoms with van der Waals surface area (Å²) in [6.45, 7) is 0. The Balaban J connectivity index is 3.68. The second-order valence-electron chi connectivity index (χ2n) is 2.77. The van der Waals surface area contributed by atoms with Crippen molar-refractivity contribution >= 4 is 5.69 Å². The molecule has 0 unspecified atom stereocenters. The van der Waals surface area contributed by atoms with Gasteiger partial charge in [-0.15, -0.1) is 0 Å². The monoisotopic (exact) mass is 260 g/mol. The molecule has 0 bridgehead atoms. The van der Waals surface area contributed by atoms with E-state index in [4.69, 9.17) is 0 Å². The van der Waals surface area contributed by atoms with Crippen molar-refractivity contribution in [2.75, 3.05) is 0 Å². The lowest BCUT2D eigenvalue weighted by atomic mass is 10.1. The SMILES string of the molecule is O=[N+]([O-])c1c(F)cnc(C(F)F)c1C(F)(F)F. The molecule has 0 aromatic carbocycles. The number of nitro groups is 1. The van der Waals surface area contributed by atoms with Crippen LogP contribution in [0.4, 0.5) is 32.0 Å². The molecule has 17 heavy (non-hydrogen) atoms. The molecule has 0 spiro atoms. The van der Waals surface area contributed by atoms with Gasteiger partial charge in [-0.1, -0.05) is 0 Å². The molecule has 0 N–H and O–H groups in total. The van der Waals surface area contributed by atoms with Crippen LogP contribution in [0.2, 0.25) is 0 Å². The van der Waals surface area contributed by atoms with E-state index in [0.29, 0.717) is 0 Å². The van der Waals surface area contributed by atoms with Crippen LogP contribution in [0.5, 0.6) is 0 Å². The Morgan fingerprint density at radius 2 is 1.88 bits per heavy atom. The number of rotatable bonds is 2. The minimum Gasteiger partial charge on any atom is -0.258 e. The second-order valence-corrected chi connectivity index (χ2v) is 2.77. The number of nitrogens with zero attached hydrogens (tertiary/aromatic N) is 2. The minimum absolute atomic E-state index is 0.0468. The third-order valence-corrected chi connectivity index (χ3v) is 1.71. The summed E-state index contributed by atoms with van der Waals surface area (Å²) in [4.78, 5) is 11.1. The third kappa shape index (κ3) is 2.45. The van der Waals surface area contributed by atoms with Crippen LogP contribution in [0.3, 0.4) is 0 Å². The maximum absolute atomic E-state index is 12.8. The van der Waals surface area contributed by atoms with E-state index in [9.17, 15) is 36.5 Å². The van der Waals surface area contributed by atoms with Gasteiger partial charge in [0.05, 0.1) is 11.1 Å². The Morgan fingerprint density at radius 3 is 2.24 bits per heavy atom. The van der Waals surface area contributed by atoms with Crippen molar-refractivity contribution in [3.63, 3.8) is 0 Å². The molecular weight excluding hydrogens is 258 g/mol. The molecule has 0 aliphatic rings. The number of hydrogen-bond acceptors (Lipinski definition) is 3. The van der Waals surface area contributed by atoms with Gasteiger partial charge in [-0.2, -0.15) is 17.6 Å². The highest BCUT2D eigenvalue weighted by Gasteiger charge is 2.45. The van der Waals surface area contributed by atoms with Gasteiger partial charge in [-0.25, -0.2) is 8.78 Å². The predicted molar refractivity (Wildman–Crippen MR) is 40.8 cm³/mol. The highest BCUT2D eigenvalue weighted by Crippen LogP contribution is 2.41. The molecule has 0 saturated carbocycles. The molecule has 0 saturated heterocycles. The van der Waals surface area contributed by atoms with Crippen LogP contribution in [-0.2, 0) is 6.18 Å². The lowest BCUT2D eigenvalue weighted by Gasteiger charge is -2.11. The predicted octanol–water partition coefficient (Wildman–Crippen LogP) is 3.09. The van der Waals surface area contributed by atoms with Crippen molar-refractivity contribution < 1.29 is 31.3 Å². The summed E-state index contributed by atoms with van der Waals surface area (Å²) in [6, 6.07) is 0. The van der Waals surface area contributed by atoms with E-state index >= 15 is 0 Å². The topological polar surface area (TPSA) is 56.0 Å². The van der Waals surface area contributed by atoms with Crippen molar-refractivity contribution in [3.05, 3.63) is 33.4 Å². The van der Waals surface area contributed by atoms with Crippen molar-refractivity contribution in [1.29, 1.82) is 0 Å². The van der Waals surface area contributed by atoms with E-state index in [2.05, 4.69) is 4.98 Å². The first-order chi connectivity index (χ1) is 7.66. The molecular formula is C7H2F6N2O2. The number of halogens is 6. The molecule has 4 nitrogen and oxygen atoms in total. The average molecular weight is 260 g/mol. The first-order valence-electron chi connectivity index (χ1n) is 3.84. The highest BCUT2D eigenvalue weighted by atomic mass is 19.4. The van der Waals surface area contributed by atoms with Gasteiger partial charge >= 0.3 is 11.9 Å². The highest BCUT2D eigenvalue weighted by molar-refractivity contribution is 5.45. The van der Waals surface area contributed by atoms with E-state index < -0.39 is 40.3 Å². The number of aromatic nitrogens is 1. The molecule has 0 aliphatic heterocycles. The summed E-state index contributed by atoms with van der Waals surface area (Å²) in [5.41, 5.74) is -6.29. The average Bonchev–Trinajstić information content (AvgIpc) is 2.14. The molecule has 0 radical (unpaired) electrons. The lowest BCUT2D eigenvalue weighted by Crippen LogP contribution is -2.16. The zero-order chi connectivity index (χ0) is 13.4. The van der Waals surface area contributed by atoms with E-state index in [0.717, 1.165) is 0 Å². The zero-order valence-corrected chi connectivity index (χ0v) is 7.63. The normalized spacial score (nSPS) is 11.9. The molecule has 0 atom stereocenters. The largest absolute Gasteiger partial charge is 0.425 e. The zero-order valence-electron chi connectivity index (χ0n) is 7.63. The van der Waals surface area contributed by atoms with Crippen molar-refractivity contribution in [1.82, 2.24) is 4.98 Å². The molecule has 0 aliphatic carbocycles. The fraction of sp³-hybridized carbons (Fsp3) is 0.286. The van der Waals surface area contributed by atoms with Crippen molar-refractivity contribution in [2.45, 2.75) is 12.6 Å². The molecule has 0 fully saturated rings. The van der Waals surface area contributed by atoms with Crippen LogP contribution in [0, 0.1) is 15.9 Å².